The summed E-state index contributed by atoms with van der Waals surface area (Å²) in [7, 11) is 2.26. The highest BCUT2D eigenvalue weighted by Crippen LogP contribution is 2.19. The molecule has 2 rings (SSSR count). The fourth-order valence-corrected chi connectivity index (χ4v) is 3.39. The Labute approximate surface area is 162 Å². The third-order valence-corrected chi connectivity index (χ3v) is 5.40. The molecule has 2 heterocycles. The van der Waals surface area contributed by atoms with Crippen molar-refractivity contribution >= 4 is 26.0 Å². The Morgan fingerprint density at radius 1 is 0.926 bits per heavy atom. The molecule has 0 bridgehead atoms. The van der Waals surface area contributed by atoms with E-state index in [0.29, 0.717) is 25.9 Å². The van der Waals surface area contributed by atoms with Crippen LogP contribution in [0.4, 0.5) is 0 Å². The Hall–Kier alpha value is -1.13. The van der Waals surface area contributed by atoms with Gasteiger partial charge in [-0.1, -0.05) is 0 Å². The highest BCUT2D eigenvalue weighted by atomic mass is 16.7. The second-order valence-corrected chi connectivity index (χ2v) is 7.24. The van der Waals surface area contributed by atoms with E-state index in [9.17, 15) is 19.6 Å². The van der Waals surface area contributed by atoms with Gasteiger partial charge in [0.05, 0.1) is 13.0 Å². The van der Waals surface area contributed by atoms with E-state index in [1.165, 1.54) is 12.2 Å². The zero-order chi connectivity index (χ0) is 20.6. The molecule has 154 valence electrons. The molecule has 0 saturated carbocycles. The number of piperidine rings is 2. The summed E-state index contributed by atoms with van der Waals surface area (Å²) in [6.07, 6.45) is 2.88. The van der Waals surface area contributed by atoms with Crippen LogP contribution < -0.4 is 0 Å². The van der Waals surface area contributed by atoms with Crippen molar-refractivity contribution in [1.82, 2.24) is 14.7 Å². The van der Waals surface area contributed by atoms with Crippen molar-refractivity contribution in [3.63, 3.8) is 0 Å². The molecule has 0 aromatic heterocycles. The monoisotopic (exact) mass is 385 g/mol. The minimum absolute atomic E-state index is 0.0303. The predicted octanol–water partition coefficient (Wildman–Crippen LogP) is -0.278. The molecule has 0 unspecified atom stereocenters. The van der Waals surface area contributed by atoms with E-state index in [-0.39, 0.29) is 17.7 Å². The molecule has 0 spiro atoms. The predicted molar refractivity (Wildman–Crippen MR) is 104 cm³/mol. The fourth-order valence-electron chi connectivity index (χ4n) is 3.39. The lowest BCUT2D eigenvalue weighted by atomic mass is 9.81. The van der Waals surface area contributed by atoms with E-state index in [2.05, 4.69) is 0 Å². The van der Waals surface area contributed by atoms with Gasteiger partial charge in [0, 0.05) is 13.0 Å². The molecular weight excluding hydrogens is 352 g/mol. The molecule has 9 nitrogen and oxygen atoms in total. The maximum atomic E-state index is 11.7. The van der Waals surface area contributed by atoms with Crippen molar-refractivity contribution in [2.24, 2.45) is 11.8 Å². The van der Waals surface area contributed by atoms with Crippen molar-refractivity contribution in [2.75, 3.05) is 40.3 Å². The van der Waals surface area contributed by atoms with Gasteiger partial charge in [0.2, 0.25) is 5.91 Å². The summed E-state index contributed by atoms with van der Waals surface area (Å²) in [5.41, 5.74) is 0. The minimum atomic E-state index is -0.708. The largest absolute Gasteiger partial charge is 0.481 e. The minimum Gasteiger partial charge on any atom is -0.481 e. The van der Waals surface area contributed by atoms with Gasteiger partial charge >= 0.3 is 20.1 Å². The van der Waals surface area contributed by atoms with E-state index in [4.69, 9.17) is 9.94 Å². The number of carbonyl (C=O) groups is 2. The summed E-state index contributed by atoms with van der Waals surface area (Å²) in [6.45, 7) is 6.38. The number of hydrogen-bond acceptors (Lipinski definition) is 7. The Bertz CT molecular complexity index is 467. The number of carbonyl (C=O) groups excluding carboxylic acids is 1. The molecule has 2 aliphatic heterocycles. The number of carboxylic acid groups (broad SMARTS) is 1. The molecule has 0 aliphatic carbocycles. The lowest BCUT2D eigenvalue weighted by Crippen LogP contribution is -2.46. The second kappa shape index (κ2) is 11.7. The first kappa shape index (κ1) is 23.9. The van der Waals surface area contributed by atoms with E-state index < -0.39 is 20.1 Å². The third kappa shape index (κ3) is 7.79. The topological polar surface area (TPSA) is 114 Å². The highest BCUT2D eigenvalue weighted by Gasteiger charge is 2.30. The van der Waals surface area contributed by atoms with E-state index in [0.717, 1.165) is 25.9 Å². The van der Waals surface area contributed by atoms with Crippen molar-refractivity contribution in [3.8, 4) is 0 Å². The Morgan fingerprint density at radius 3 is 1.59 bits per heavy atom. The lowest BCUT2D eigenvalue weighted by molar-refractivity contribution is -0.174. The number of carboxylic acids is 1. The van der Waals surface area contributed by atoms with Crippen LogP contribution in [-0.2, 0) is 14.4 Å². The van der Waals surface area contributed by atoms with Gasteiger partial charge in [0.1, 0.15) is 0 Å². The molecule has 1 amide bonds. The smallest absolute Gasteiger partial charge is 0.376 e. The third-order valence-electron chi connectivity index (χ3n) is 5.40. The van der Waals surface area contributed by atoms with Gasteiger partial charge in [-0.3, -0.25) is 14.4 Å². The van der Waals surface area contributed by atoms with Crippen LogP contribution in [0.2, 0.25) is 13.6 Å². The molecule has 0 atom stereocenters. The first-order chi connectivity index (χ1) is 12.7. The molecule has 2 saturated heterocycles. The fraction of sp³-hybridized carbons (Fsp3) is 0.875. The first-order valence-corrected chi connectivity index (χ1v) is 9.56. The SMILES string of the molecule is CB(O)N1CCC(C(=O)O)CC1.CON(C)C(=O)C1CCN(B(C)O)CC1. The van der Waals surface area contributed by atoms with Crippen molar-refractivity contribution in [1.29, 1.82) is 0 Å². The van der Waals surface area contributed by atoms with Crippen LogP contribution >= 0.6 is 0 Å². The number of amides is 1. The number of nitrogens with zero attached hydrogens (tertiary/aromatic N) is 3. The van der Waals surface area contributed by atoms with Crippen LogP contribution in [0.5, 0.6) is 0 Å². The molecule has 0 radical (unpaired) electrons. The van der Waals surface area contributed by atoms with Gasteiger partial charge < -0.3 is 24.8 Å². The second-order valence-electron chi connectivity index (χ2n) is 7.24. The molecule has 11 heteroatoms. The maximum Gasteiger partial charge on any atom is 0.376 e. The molecule has 0 aromatic rings. The molecule has 2 aliphatic rings. The molecule has 2 fully saturated rings. The number of hydrogen-bond donors (Lipinski definition) is 3. The van der Waals surface area contributed by atoms with E-state index in [1.807, 2.05) is 9.62 Å². The van der Waals surface area contributed by atoms with Crippen molar-refractivity contribution < 1.29 is 29.6 Å². The first-order valence-electron chi connectivity index (χ1n) is 9.56. The highest BCUT2D eigenvalue weighted by molar-refractivity contribution is 6.45. The molecule has 3 N–H and O–H groups in total. The van der Waals surface area contributed by atoms with Gasteiger partial charge in [-0.2, -0.15) is 0 Å². The zero-order valence-corrected chi connectivity index (χ0v) is 16.9. The average molecular weight is 385 g/mol. The Balaban J connectivity index is 0.000000277. The lowest BCUT2D eigenvalue weighted by Gasteiger charge is -2.33. The van der Waals surface area contributed by atoms with Crippen LogP contribution in [0.3, 0.4) is 0 Å². The van der Waals surface area contributed by atoms with E-state index in [1.54, 1.807) is 20.7 Å². The van der Waals surface area contributed by atoms with Crippen molar-refractivity contribution in [3.05, 3.63) is 0 Å². The number of hydroxylamine groups is 2. The molecular formula is C16H33B2N3O6. The zero-order valence-electron chi connectivity index (χ0n) is 16.9. The molecule has 27 heavy (non-hydrogen) atoms. The summed E-state index contributed by atoms with van der Waals surface area (Å²) >= 11 is 0. The standard InChI is InChI=1S/C9H19BN2O3.C7H14BNO3/c1-10(14)12-6-4-8(5-7-12)9(13)11(2)15-3;1-8(12)9-4-2-6(3-5-9)7(10)11/h8,14H,4-7H2,1-3H3;6,12H,2-5H2,1H3,(H,10,11). The van der Waals surface area contributed by atoms with Crippen LogP contribution in [0.15, 0.2) is 0 Å². The maximum absolute atomic E-state index is 11.7. The van der Waals surface area contributed by atoms with Crippen LogP contribution in [0.1, 0.15) is 25.7 Å². The van der Waals surface area contributed by atoms with Crippen molar-refractivity contribution in [2.45, 2.75) is 39.3 Å². The van der Waals surface area contributed by atoms with E-state index >= 15 is 0 Å². The van der Waals surface area contributed by atoms with Gasteiger partial charge in [0.25, 0.3) is 0 Å². The quantitative estimate of drug-likeness (QED) is 0.438. The normalized spacial score (nSPS) is 19.8. The van der Waals surface area contributed by atoms with Gasteiger partial charge in [-0.05, 0) is 65.5 Å². The Kier molecular flexibility index (Phi) is 10.3. The number of rotatable bonds is 5. The molecule has 0 aromatic carbocycles. The number of aliphatic carboxylic acids is 1. The summed E-state index contributed by atoms with van der Waals surface area (Å²) in [5.74, 6) is -0.854. The average Bonchev–Trinajstić information content (AvgIpc) is 2.67. The van der Waals surface area contributed by atoms with Gasteiger partial charge in [-0.15, -0.1) is 0 Å². The van der Waals surface area contributed by atoms with Crippen LogP contribution in [-0.4, -0.2) is 96.2 Å². The summed E-state index contributed by atoms with van der Waals surface area (Å²) < 4.78 is 0. The summed E-state index contributed by atoms with van der Waals surface area (Å²) in [4.78, 5) is 31.0. The summed E-state index contributed by atoms with van der Waals surface area (Å²) in [6, 6.07) is 0. The van der Waals surface area contributed by atoms with Gasteiger partial charge in [-0.25, -0.2) is 5.06 Å². The summed E-state index contributed by atoms with van der Waals surface area (Å²) in [5, 5.41) is 28.5. The Morgan fingerprint density at radius 2 is 1.30 bits per heavy atom. The van der Waals surface area contributed by atoms with Crippen LogP contribution in [0.25, 0.3) is 0 Å². The van der Waals surface area contributed by atoms with Gasteiger partial charge in [0.15, 0.2) is 0 Å². The van der Waals surface area contributed by atoms with Crippen LogP contribution in [0, 0.1) is 11.8 Å².